The number of aliphatic hydroxyl groups is 2. The van der Waals surface area contributed by atoms with Gasteiger partial charge < -0.3 is 15.5 Å². The summed E-state index contributed by atoms with van der Waals surface area (Å²) in [5, 5.41) is 20.6. The summed E-state index contributed by atoms with van der Waals surface area (Å²) in [6.45, 7) is -1.84. The van der Waals surface area contributed by atoms with E-state index in [1.54, 1.807) is 0 Å². The topological polar surface area (TPSA) is 104 Å². The number of amides is 1. The van der Waals surface area contributed by atoms with Gasteiger partial charge in [0.1, 0.15) is 19.4 Å². The number of carbonyl (C=O) groups is 1. The Morgan fingerprint density at radius 1 is 1.35 bits per heavy atom. The highest BCUT2D eigenvalue weighted by Crippen LogP contribution is 2.19. The SMILES string of the molecule is CS(=O)(=O)c1ccc([C@@H](O)[C@@H](CF)NC(=O)CO)cc1. The molecule has 0 aromatic heterocycles. The molecule has 0 aliphatic heterocycles. The maximum Gasteiger partial charge on any atom is 0.246 e. The van der Waals surface area contributed by atoms with Crippen molar-refractivity contribution in [3.8, 4) is 0 Å². The van der Waals surface area contributed by atoms with Crippen molar-refractivity contribution < 1.29 is 27.8 Å². The van der Waals surface area contributed by atoms with Crippen LogP contribution in [-0.4, -0.2) is 50.1 Å². The molecule has 20 heavy (non-hydrogen) atoms. The Kier molecular flexibility index (Phi) is 5.61. The van der Waals surface area contributed by atoms with Crippen LogP contribution in [0.25, 0.3) is 0 Å². The summed E-state index contributed by atoms with van der Waals surface area (Å²) in [6, 6.07) is 4.05. The summed E-state index contributed by atoms with van der Waals surface area (Å²) < 4.78 is 35.4. The van der Waals surface area contributed by atoms with E-state index in [9.17, 15) is 22.7 Å². The van der Waals surface area contributed by atoms with Crippen molar-refractivity contribution >= 4 is 15.7 Å². The van der Waals surface area contributed by atoms with Crippen molar-refractivity contribution in [2.24, 2.45) is 0 Å². The van der Waals surface area contributed by atoms with Gasteiger partial charge in [-0.2, -0.15) is 0 Å². The highest BCUT2D eigenvalue weighted by atomic mass is 32.2. The van der Waals surface area contributed by atoms with Gasteiger partial charge in [-0.1, -0.05) is 12.1 Å². The first kappa shape index (κ1) is 16.5. The number of benzene rings is 1. The third-order valence-electron chi connectivity index (χ3n) is 2.69. The van der Waals surface area contributed by atoms with Gasteiger partial charge in [0.2, 0.25) is 5.91 Å². The quantitative estimate of drug-likeness (QED) is 0.661. The molecule has 0 bridgehead atoms. The molecule has 0 fully saturated rings. The lowest BCUT2D eigenvalue weighted by atomic mass is 10.0. The minimum atomic E-state index is -3.35. The normalized spacial score (nSPS) is 14.6. The van der Waals surface area contributed by atoms with E-state index in [4.69, 9.17) is 5.11 Å². The molecule has 1 aromatic carbocycles. The second-order valence-corrected chi connectivity index (χ2v) is 6.29. The molecule has 1 rings (SSSR count). The first-order valence-electron chi connectivity index (χ1n) is 5.74. The summed E-state index contributed by atoms with van der Waals surface area (Å²) in [6.07, 6.45) is -0.298. The van der Waals surface area contributed by atoms with Crippen LogP contribution >= 0.6 is 0 Å². The fourth-order valence-corrected chi connectivity index (χ4v) is 2.23. The molecule has 3 N–H and O–H groups in total. The molecule has 6 nitrogen and oxygen atoms in total. The Bertz CT molecular complexity index is 558. The molecule has 0 heterocycles. The molecule has 8 heteroatoms. The predicted octanol–water partition coefficient (Wildman–Crippen LogP) is -0.430. The summed E-state index contributed by atoms with van der Waals surface area (Å²) in [4.78, 5) is 11.1. The largest absolute Gasteiger partial charge is 0.387 e. The number of nitrogens with one attached hydrogen (secondary N) is 1. The van der Waals surface area contributed by atoms with E-state index in [0.717, 1.165) is 6.26 Å². The lowest BCUT2D eigenvalue weighted by Crippen LogP contribution is -2.42. The van der Waals surface area contributed by atoms with E-state index in [-0.39, 0.29) is 10.5 Å². The molecule has 0 aliphatic carbocycles. The molecule has 0 saturated heterocycles. The van der Waals surface area contributed by atoms with E-state index >= 15 is 0 Å². The van der Waals surface area contributed by atoms with Crippen LogP contribution in [0.2, 0.25) is 0 Å². The average Bonchev–Trinajstić information content (AvgIpc) is 2.42. The molecular formula is C12H16FNO5S. The highest BCUT2D eigenvalue weighted by molar-refractivity contribution is 7.90. The van der Waals surface area contributed by atoms with Gasteiger partial charge in [0, 0.05) is 6.26 Å². The highest BCUT2D eigenvalue weighted by Gasteiger charge is 2.23. The molecule has 0 spiro atoms. The monoisotopic (exact) mass is 305 g/mol. The smallest absolute Gasteiger partial charge is 0.246 e. The Morgan fingerprint density at radius 2 is 1.90 bits per heavy atom. The summed E-state index contributed by atoms with van der Waals surface area (Å²) in [5.41, 5.74) is 0.262. The van der Waals surface area contributed by atoms with E-state index < -0.39 is 41.2 Å². The molecule has 0 aliphatic rings. The minimum Gasteiger partial charge on any atom is -0.387 e. The fourth-order valence-electron chi connectivity index (χ4n) is 1.60. The molecule has 2 atom stereocenters. The number of sulfone groups is 1. The number of alkyl halides is 1. The van der Waals surface area contributed by atoms with E-state index in [0.29, 0.717) is 0 Å². The number of carbonyl (C=O) groups excluding carboxylic acids is 1. The van der Waals surface area contributed by atoms with Crippen LogP contribution in [0, 0.1) is 0 Å². The van der Waals surface area contributed by atoms with Crippen molar-refractivity contribution in [1.29, 1.82) is 0 Å². The average molecular weight is 305 g/mol. The Morgan fingerprint density at radius 3 is 2.30 bits per heavy atom. The second-order valence-electron chi connectivity index (χ2n) is 4.27. The van der Waals surface area contributed by atoms with Gasteiger partial charge in [-0.3, -0.25) is 4.79 Å². The van der Waals surface area contributed by atoms with Gasteiger partial charge in [-0.15, -0.1) is 0 Å². The number of halogens is 1. The van der Waals surface area contributed by atoms with Gasteiger partial charge in [0.25, 0.3) is 0 Å². The predicted molar refractivity (Wildman–Crippen MR) is 69.5 cm³/mol. The number of hydrogen-bond donors (Lipinski definition) is 3. The lowest BCUT2D eigenvalue weighted by Gasteiger charge is -2.21. The standard InChI is InChI=1S/C12H16FNO5S/c1-20(18,19)9-4-2-8(3-5-9)12(17)10(6-13)14-11(16)7-15/h2-5,10,12,15,17H,6-7H2,1H3,(H,14,16)/t10-,12-/m1/s1. The fraction of sp³-hybridized carbons (Fsp3) is 0.417. The molecule has 0 unspecified atom stereocenters. The van der Waals surface area contributed by atoms with Crippen LogP contribution in [-0.2, 0) is 14.6 Å². The van der Waals surface area contributed by atoms with Crippen molar-refractivity contribution in [2.45, 2.75) is 17.0 Å². The third kappa shape index (κ3) is 4.26. The summed E-state index contributed by atoms with van der Waals surface area (Å²) in [7, 11) is -3.35. The van der Waals surface area contributed by atoms with Gasteiger partial charge in [0.15, 0.2) is 9.84 Å². The number of aliphatic hydroxyl groups excluding tert-OH is 2. The summed E-state index contributed by atoms with van der Waals surface area (Å²) in [5.74, 6) is -0.806. The molecule has 0 radical (unpaired) electrons. The lowest BCUT2D eigenvalue weighted by molar-refractivity contribution is -0.125. The molecule has 1 amide bonds. The van der Waals surface area contributed by atoms with E-state index in [2.05, 4.69) is 5.32 Å². The molecule has 1 aromatic rings. The van der Waals surface area contributed by atoms with Crippen LogP contribution < -0.4 is 5.32 Å². The van der Waals surface area contributed by atoms with Gasteiger partial charge in [-0.05, 0) is 17.7 Å². The first-order chi connectivity index (χ1) is 9.29. The molecule has 112 valence electrons. The van der Waals surface area contributed by atoms with Gasteiger partial charge in [0.05, 0.1) is 10.9 Å². The van der Waals surface area contributed by atoms with Crippen LogP contribution in [0.3, 0.4) is 0 Å². The zero-order chi connectivity index (χ0) is 15.3. The maximum atomic E-state index is 12.8. The van der Waals surface area contributed by atoms with Crippen molar-refractivity contribution in [3.05, 3.63) is 29.8 Å². The van der Waals surface area contributed by atoms with Crippen LogP contribution in [0.15, 0.2) is 29.2 Å². The molecular weight excluding hydrogens is 289 g/mol. The van der Waals surface area contributed by atoms with Crippen LogP contribution in [0.1, 0.15) is 11.7 Å². The van der Waals surface area contributed by atoms with Crippen molar-refractivity contribution in [2.75, 3.05) is 19.5 Å². The molecule has 0 saturated carbocycles. The van der Waals surface area contributed by atoms with Crippen molar-refractivity contribution in [3.63, 3.8) is 0 Å². The van der Waals surface area contributed by atoms with Crippen LogP contribution in [0.5, 0.6) is 0 Å². The van der Waals surface area contributed by atoms with Gasteiger partial charge in [-0.25, -0.2) is 12.8 Å². The zero-order valence-corrected chi connectivity index (χ0v) is 11.6. The van der Waals surface area contributed by atoms with Crippen molar-refractivity contribution in [1.82, 2.24) is 5.32 Å². The Hall–Kier alpha value is -1.51. The first-order valence-corrected chi connectivity index (χ1v) is 7.63. The van der Waals surface area contributed by atoms with Crippen LogP contribution in [0.4, 0.5) is 4.39 Å². The number of hydrogen-bond acceptors (Lipinski definition) is 5. The van der Waals surface area contributed by atoms with Gasteiger partial charge >= 0.3 is 0 Å². The maximum absolute atomic E-state index is 12.8. The minimum absolute atomic E-state index is 0.0737. The zero-order valence-electron chi connectivity index (χ0n) is 10.8. The number of rotatable bonds is 6. The second kappa shape index (κ2) is 6.78. The Balaban J connectivity index is 2.90. The van der Waals surface area contributed by atoms with E-state index in [1.165, 1.54) is 24.3 Å². The summed E-state index contributed by atoms with van der Waals surface area (Å²) >= 11 is 0. The third-order valence-corrected chi connectivity index (χ3v) is 3.82. The Labute approximate surface area is 116 Å². The van der Waals surface area contributed by atoms with E-state index in [1.807, 2.05) is 0 Å².